The Balaban J connectivity index is 2.80. The predicted octanol–water partition coefficient (Wildman–Crippen LogP) is 0.772. The molecule has 1 unspecified atom stereocenters. The van der Waals surface area contributed by atoms with Crippen LogP contribution in [0.25, 0.3) is 0 Å². The Morgan fingerprint density at radius 1 is 1.42 bits per heavy atom. The molecule has 3 N–H and O–H groups in total. The molecule has 19 heavy (non-hydrogen) atoms. The molecule has 0 aromatic heterocycles. The summed E-state index contributed by atoms with van der Waals surface area (Å²) in [5, 5.41) is 2.81. The summed E-state index contributed by atoms with van der Waals surface area (Å²) >= 11 is 5.02. The Bertz CT molecular complexity index is 456. The van der Waals surface area contributed by atoms with Gasteiger partial charge in [0.15, 0.2) is 9.84 Å². The van der Waals surface area contributed by atoms with Crippen molar-refractivity contribution >= 4 is 33.0 Å². The molecule has 0 aliphatic carbocycles. The first kappa shape index (κ1) is 16.4. The van der Waals surface area contributed by atoms with Crippen molar-refractivity contribution in [3.63, 3.8) is 0 Å². The number of nitrogens with one attached hydrogen (secondary N) is 1. The first-order chi connectivity index (χ1) is 8.77. The van der Waals surface area contributed by atoms with E-state index in [9.17, 15) is 13.2 Å². The molecule has 1 atom stereocenters. The number of thiocarbonyl (C=S) groups is 1. The minimum Gasteiger partial charge on any atom is -0.392 e. The average Bonchev–Trinajstić information content (AvgIpc) is 2.29. The smallest absolute Gasteiger partial charge is 0.233 e. The van der Waals surface area contributed by atoms with E-state index < -0.39 is 15.3 Å². The Morgan fingerprint density at radius 3 is 2.42 bits per heavy atom. The molecule has 1 amide bonds. The Labute approximate surface area is 120 Å². The number of amides is 1. The Morgan fingerprint density at radius 2 is 2.00 bits per heavy atom. The van der Waals surface area contributed by atoms with Crippen LogP contribution in [0, 0.1) is 5.41 Å². The second kappa shape index (κ2) is 6.17. The van der Waals surface area contributed by atoms with Gasteiger partial charge in [-0.25, -0.2) is 8.42 Å². The van der Waals surface area contributed by atoms with Crippen molar-refractivity contribution in [1.82, 2.24) is 5.32 Å². The van der Waals surface area contributed by atoms with Gasteiger partial charge in [-0.2, -0.15) is 0 Å². The lowest BCUT2D eigenvalue weighted by molar-refractivity contribution is -0.128. The van der Waals surface area contributed by atoms with E-state index >= 15 is 0 Å². The first-order valence-electron chi connectivity index (χ1n) is 6.58. The van der Waals surface area contributed by atoms with Gasteiger partial charge >= 0.3 is 0 Å². The van der Waals surface area contributed by atoms with E-state index in [0.717, 1.165) is 0 Å². The third kappa shape index (κ3) is 3.66. The Kier molecular flexibility index (Phi) is 5.32. The first-order valence-corrected chi connectivity index (χ1v) is 8.81. The van der Waals surface area contributed by atoms with Crippen LogP contribution >= 0.6 is 12.2 Å². The van der Waals surface area contributed by atoms with Crippen molar-refractivity contribution in [2.75, 3.05) is 11.5 Å². The fourth-order valence-electron chi connectivity index (χ4n) is 2.49. The van der Waals surface area contributed by atoms with Crippen LogP contribution in [0.1, 0.15) is 39.5 Å². The lowest BCUT2D eigenvalue weighted by atomic mass is 9.81. The van der Waals surface area contributed by atoms with Crippen molar-refractivity contribution < 1.29 is 13.2 Å². The van der Waals surface area contributed by atoms with Gasteiger partial charge in [0.05, 0.1) is 21.9 Å². The SMILES string of the molecule is CCC(CC)(C(=O)NC1CCCS(=O)(=O)C1)C(N)=S. The van der Waals surface area contributed by atoms with Crippen LogP contribution in [-0.4, -0.2) is 36.9 Å². The van der Waals surface area contributed by atoms with Crippen molar-refractivity contribution in [2.45, 2.75) is 45.6 Å². The number of nitrogens with two attached hydrogens (primary N) is 1. The number of sulfone groups is 1. The van der Waals surface area contributed by atoms with Gasteiger partial charge in [0.1, 0.15) is 0 Å². The van der Waals surface area contributed by atoms with Crippen LogP contribution in [0.5, 0.6) is 0 Å². The molecule has 1 aliphatic rings. The maximum absolute atomic E-state index is 12.4. The highest BCUT2D eigenvalue weighted by molar-refractivity contribution is 7.91. The molecule has 1 rings (SSSR count). The number of rotatable bonds is 5. The lowest BCUT2D eigenvalue weighted by Crippen LogP contribution is -2.53. The molecule has 1 fully saturated rings. The molecule has 1 saturated heterocycles. The molecule has 0 aromatic rings. The molecular formula is C12H22N2O3S2. The van der Waals surface area contributed by atoms with E-state index in [0.29, 0.717) is 25.7 Å². The zero-order valence-corrected chi connectivity index (χ0v) is 13.1. The monoisotopic (exact) mass is 306 g/mol. The third-order valence-corrected chi connectivity index (χ3v) is 6.12. The summed E-state index contributed by atoms with van der Waals surface area (Å²) < 4.78 is 23.1. The minimum absolute atomic E-state index is 0.0135. The van der Waals surface area contributed by atoms with E-state index in [1.54, 1.807) is 0 Å². The molecule has 0 radical (unpaired) electrons. The molecule has 1 aliphatic heterocycles. The fourth-order valence-corrected chi connectivity index (χ4v) is 4.51. The van der Waals surface area contributed by atoms with Gasteiger partial charge in [-0.15, -0.1) is 0 Å². The van der Waals surface area contributed by atoms with Gasteiger partial charge < -0.3 is 11.1 Å². The van der Waals surface area contributed by atoms with Crippen molar-refractivity contribution in [3.8, 4) is 0 Å². The molecule has 0 bridgehead atoms. The second-order valence-electron chi connectivity index (χ2n) is 5.08. The molecule has 5 nitrogen and oxygen atoms in total. The van der Waals surface area contributed by atoms with Gasteiger partial charge in [0, 0.05) is 6.04 Å². The minimum atomic E-state index is -3.04. The molecule has 7 heteroatoms. The van der Waals surface area contributed by atoms with Crippen LogP contribution in [0.2, 0.25) is 0 Å². The van der Waals surface area contributed by atoms with Gasteiger partial charge in [-0.05, 0) is 25.7 Å². The zero-order chi connectivity index (χ0) is 14.7. The quantitative estimate of drug-likeness (QED) is 0.732. The third-order valence-electron chi connectivity index (χ3n) is 3.91. The maximum Gasteiger partial charge on any atom is 0.233 e. The zero-order valence-electron chi connectivity index (χ0n) is 11.4. The standard InChI is InChI=1S/C12H22N2O3S2/c1-3-12(4-2,10(13)18)11(15)14-9-6-5-7-19(16,17)8-9/h9H,3-8H2,1-2H3,(H2,13,18)(H,14,15). The van der Waals surface area contributed by atoms with E-state index in [-0.39, 0.29) is 28.4 Å². The number of hydrogen-bond donors (Lipinski definition) is 2. The average molecular weight is 306 g/mol. The second-order valence-corrected chi connectivity index (χ2v) is 7.75. The lowest BCUT2D eigenvalue weighted by Gasteiger charge is -2.32. The van der Waals surface area contributed by atoms with Crippen molar-refractivity contribution in [1.29, 1.82) is 0 Å². The summed E-state index contributed by atoms with van der Waals surface area (Å²) in [5.41, 5.74) is 4.84. The van der Waals surface area contributed by atoms with Crippen LogP contribution in [0.4, 0.5) is 0 Å². The maximum atomic E-state index is 12.4. The number of carbonyl (C=O) groups is 1. The summed E-state index contributed by atoms with van der Waals surface area (Å²) in [6.45, 7) is 3.72. The largest absolute Gasteiger partial charge is 0.392 e. The number of hydrogen-bond acceptors (Lipinski definition) is 4. The molecular weight excluding hydrogens is 284 g/mol. The summed E-state index contributed by atoms with van der Waals surface area (Å²) in [5.74, 6) is -0.0203. The van der Waals surface area contributed by atoms with Crippen LogP contribution in [-0.2, 0) is 14.6 Å². The van der Waals surface area contributed by atoms with E-state index in [4.69, 9.17) is 18.0 Å². The Hall–Kier alpha value is -0.690. The predicted molar refractivity (Wildman–Crippen MR) is 79.6 cm³/mol. The summed E-state index contributed by atoms with van der Waals surface area (Å²) in [7, 11) is -3.04. The normalized spacial score (nSPS) is 22.7. The van der Waals surface area contributed by atoms with E-state index in [1.807, 2.05) is 13.8 Å². The molecule has 0 saturated carbocycles. The van der Waals surface area contributed by atoms with Gasteiger partial charge in [0.25, 0.3) is 0 Å². The van der Waals surface area contributed by atoms with E-state index in [1.165, 1.54) is 0 Å². The van der Waals surface area contributed by atoms with Crippen LogP contribution < -0.4 is 11.1 Å². The van der Waals surface area contributed by atoms with Crippen LogP contribution in [0.15, 0.2) is 0 Å². The highest BCUT2D eigenvalue weighted by Crippen LogP contribution is 2.28. The summed E-state index contributed by atoms with van der Waals surface area (Å²) in [6.07, 6.45) is 2.31. The van der Waals surface area contributed by atoms with Gasteiger partial charge in [-0.3, -0.25) is 4.79 Å². The molecule has 1 heterocycles. The highest BCUT2D eigenvalue weighted by Gasteiger charge is 2.39. The molecule has 0 aromatic carbocycles. The summed E-state index contributed by atoms with van der Waals surface area (Å²) in [4.78, 5) is 12.5. The van der Waals surface area contributed by atoms with Crippen LogP contribution in [0.3, 0.4) is 0 Å². The van der Waals surface area contributed by atoms with Gasteiger partial charge in [-0.1, -0.05) is 26.1 Å². The fraction of sp³-hybridized carbons (Fsp3) is 0.833. The summed E-state index contributed by atoms with van der Waals surface area (Å²) in [6, 6.07) is -0.321. The van der Waals surface area contributed by atoms with E-state index in [2.05, 4.69) is 5.32 Å². The van der Waals surface area contributed by atoms with Gasteiger partial charge in [0.2, 0.25) is 5.91 Å². The highest BCUT2D eigenvalue weighted by atomic mass is 32.2. The van der Waals surface area contributed by atoms with Crippen molar-refractivity contribution in [3.05, 3.63) is 0 Å². The molecule has 110 valence electrons. The number of carbonyl (C=O) groups excluding carboxylic acids is 1. The van der Waals surface area contributed by atoms with Crippen molar-refractivity contribution in [2.24, 2.45) is 11.1 Å². The molecule has 0 spiro atoms. The topological polar surface area (TPSA) is 89.3 Å².